The third kappa shape index (κ3) is 8.38. The number of piperidine rings is 1. The topological polar surface area (TPSA) is 100 Å². The van der Waals surface area contributed by atoms with Crippen molar-refractivity contribution in [3.63, 3.8) is 0 Å². The second-order valence-electron chi connectivity index (χ2n) is 14.2. The molecule has 0 aliphatic carbocycles. The minimum atomic E-state index is 0.310. The molecule has 2 aromatic heterocycles. The largest absolute Gasteiger partial charge is 0.497 e. The highest BCUT2D eigenvalue weighted by Gasteiger charge is 2.27. The lowest BCUT2D eigenvalue weighted by atomic mass is 10.00. The van der Waals surface area contributed by atoms with Gasteiger partial charge in [0.2, 0.25) is 0 Å². The Hall–Kier alpha value is -4.03. The first-order valence-corrected chi connectivity index (χ1v) is 18.7. The van der Waals surface area contributed by atoms with Gasteiger partial charge in [-0.1, -0.05) is 25.1 Å². The summed E-state index contributed by atoms with van der Waals surface area (Å²) in [5.74, 6) is 3.06. The number of nitrogens with one attached hydrogen (secondary N) is 2. The Kier molecular flexibility index (Phi) is 11.5. The van der Waals surface area contributed by atoms with E-state index in [0.717, 1.165) is 103 Å². The second-order valence-corrected chi connectivity index (χ2v) is 14.2. The Morgan fingerprint density at radius 1 is 0.863 bits per heavy atom. The van der Waals surface area contributed by atoms with Crippen LogP contribution in [0.3, 0.4) is 0 Å². The van der Waals surface area contributed by atoms with Gasteiger partial charge in [-0.2, -0.15) is 0 Å². The summed E-state index contributed by atoms with van der Waals surface area (Å²) in [6, 6.07) is 15.8. The maximum atomic E-state index is 5.67. The predicted octanol–water partition coefficient (Wildman–Crippen LogP) is 5.69. The quantitative estimate of drug-likeness (QED) is 0.192. The van der Waals surface area contributed by atoms with Gasteiger partial charge in [-0.25, -0.2) is 15.0 Å². The summed E-state index contributed by atoms with van der Waals surface area (Å²) < 4.78 is 16.7. The number of piperazine rings is 1. The number of methoxy groups -OCH3 is 2. The molecule has 0 spiro atoms. The number of fused-ring (bicyclic) bond motifs is 1. The average Bonchev–Trinajstić information content (AvgIpc) is 3.17. The second kappa shape index (κ2) is 16.5. The molecule has 3 aliphatic rings. The third-order valence-electron chi connectivity index (χ3n) is 10.9. The van der Waals surface area contributed by atoms with Gasteiger partial charge in [-0.3, -0.25) is 9.80 Å². The standard InChI is InChI=1S/C40H54N8O3/c1-5-35-39(43-31-13-21-51-22-14-31)45-37-34(26-42-40(38(37)44-35)41-25-30-9-10-33(49-3)24-36(30)50-4)29-8-6-7-28(23-29)27-47-15-11-32(12-16-47)48-19-17-46(2)18-20-48/h6-10,23-24,26,31-32H,5,11-22,25,27H2,1-4H3,(H,41,42)(H,43,45). The smallest absolute Gasteiger partial charge is 0.154 e. The summed E-state index contributed by atoms with van der Waals surface area (Å²) >= 11 is 0. The Morgan fingerprint density at radius 2 is 1.67 bits per heavy atom. The zero-order chi connectivity index (χ0) is 35.2. The first-order valence-electron chi connectivity index (χ1n) is 18.7. The Labute approximate surface area is 302 Å². The van der Waals surface area contributed by atoms with Gasteiger partial charge in [0, 0.05) is 88.0 Å². The van der Waals surface area contributed by atoms with E-state index >= 15 is 0 Å². The van der Waals surface area contributed by atoms with Crippen LogP contribution in [0.25, 0.3) is 22.2 Å². The number of rotatable bonds is 12. The summed E-state index contributed by atoms with van der Waals surface area (Å²) in [5.41, 5.74) is 6.95. The fourth-order valence-electron chi connectivity index (χ4n) is 7.71. The monoisotopic (exact) mass is 694 g/mol. The number of hydrogen-bond donors (Lipinski definition) is 2. The lowest BCUT2D eigenvalue weighted by molar-refractivity contribution is 0.0658. The molecule has 5 heterocycles. The molecule has 4 aromatic rings. The van der Waals surface area contributed by atoms with Gasteiger partial charge in [0.05, 0.1) is 19.9 Å². The highest BCUT2D eigenvalue weighted by Crippen LogP contribution is 2.34. The Balaban J connectivity index is 1.16. The maximum absolute atomic E-state index is 5.67. The zero-order valence-corrected chi connectivity index (χ0v) is 30.8. The van der Waals surface area contributed by atoms with Crippen molar-refractivity contribution in [3.8, 4) is 22.6 Å². The van der Waals surface area contributed by atoms with E-state index < -0.39 is 0 Å². The molecule has 0 radical (unpaired) electrons. The van der Waals surface area contributed by atoms with Crippen molar-refractivity contribution in [1.29, 1.82) is 0 Å². The van der Waals surface area contributed by atoms with Gasteiger partial charge >= 0.3 is 0 Å². The lowest BCUT2D eigenvalue weighted by Crippen LogP contribution is -2.52. The molecule has 3 saturated heterocycles. The number of anilines is 2. The molecule has 2 N–H and O–H groups in total. The first-order chi connectivity index (χ1) is 25.0. The molecule has 0 amide bonds. The molecule has 3 aliphatic heterocycles. The molecule has 0 bridgehead atoms. The molecular weight excluding hydrogens is 640 g/mol. The molecule has 7 rings (SSSR count). The van der Waals surface area contributed by atoms with Gasteiger partial charge in [0.1, 0.15) is 28.4 Å². The number of likely N-dealkylation sites (tertiary alicyclic amines) is 1. The van der Waals surface area contributed by atoms with Crippen molar-refractivity contribution in [2.45, 2.75) is 64.2 Å². The van der Waals surface area contributed by atoms with E-state index in [9.17, 15) is 0 Å². The van der Waals surface area contributed by atoms with Gasteiger partial charge in [-0.05, 0) is 81.6 Å². The number of ether oxygens (including phenoxy) is 3. The average molecular weight is 695 g/mol. The van der Waals surface area contributed by atoms with Crippen LogP contribution in [-0.4, -0.2) is 115 Å². The minimum Gasteiger partial charge on any atom is -0.497 e. The van der Waals surface area contributed by atoms with Crippen LogP contribution in [0.4, 0.5) is 11.6 Å². The summed E-state index contributed by atoms with van der Waals surface area (Å²) in [6.45, 7) is 12.2. The number of nitrogens with zero attached hydrogens (tertiary/aromatic N) is 6. The van der Waals surface area contributed by atoms with Crippen molar-refractivity contribution in [2.24, 2.45) is 0 Å². The molecule has 3 fully saturated rings. The van der Waals surface area contributed by atoms with Gasteiger partial charge in [0.25, 0.3) is 0 Å². The van der Waals surface area contributed by atoms with E-state index in [1.165, 1.54) is 44.6 Å². The van der Waals surface area contributed by atoms with Crippen molar-refractivity contribution in [3.05, 3.63) is 65.5 Å². The van der Waals surface area contributed by atoms with Crippen LogP contribution in [-0.2, 0) is 24.2 Å². The predicted molar refractivity (Wildman–Crippen MR) is 204 cm³/mol. The van der Waals surface area contributed by atoms with Crippen LogP contribution >= 0.6 is 0 Å². The van der Waals surface area contributed by atoms with E-state index in [1.807, 2.05) is 24.4 Å². The van der Waals surface area contributed by atoms with Crippen LogP contribution in [0.1, 0.15) is 49.4 Å². The lowest BCUT2D eigenvalue weighted by Gasteiger charge is -2.42. The highest BCUT2D eigenvalue weighted by molar-refractivity contribution is 5.97. The molecular formula is C40H54N8O3. The van der Waals surface area contributed by atoms with Crippen LogP contribution < -0.4 is 20.1 Å². The summed E-state index contributed by atoms with van der Waals surface area (Å²) in [6.07, 6.45) is 7.11. The molecule has 11 heteroatoms. The molecule has 2 aromatic carbocycles. The van der Waals surface area contributed by atoms with Crippen LogP contribution in [0.15, 0.2) is 48.7 Å². The molecule has 11 nitrogen and oxygen atoms in total. The Morgan fingerprint density at radius 3 is 2.41 bits per heavy atom. The molecule has 0 saturated carbocycles. The number of pyridine rings is 1. The number of aryl methyl sites for hydroxylation is 1. The fourth-order valence-corrected chi connectivity index (χ4v) is 7.71. The molecule has 0 atom stereocenters. The number of hydrogen-bond acceptors (Lipinski definition) is 11. The Bertz CT molecular complexity index is 1760. The zero-order valence-electron chi connectivity index (χ0n) is 30.8. The SMILES string of the molecule is CCc1nc2c(NCc3ccc(OC)cc3OC)ncc(-c3cccc(CN4CCC(N5CCN(C)CC5)CC4)c3)c2nc1NC1CCOCC1. The van der Waals surface area contributed by atoms with E-state index in [4.69, 9.17) is 29.2 Å². The van der Waals surface area contributed by atoms with Crippen LogP contribution in [0.2, 0.25) is 0 Å². The van der Waals surface area contributed by atoms with E-state index in [1.54, 1.807) is 14.2 Å². The third-order valence-corrected chi connectivity index (χ3v) is 10.9. The molecule has 51 heavy (non-hydrogen) atoms. The number of aromatic nitrogens is 3. The van der Waals surface area contributed by atoms with Crippen LogP contribution in [0.5, 0.6) is 11.5 Å². The highest BCUT2D eigenvalue weighted by atomic mass is 16.5. The fraction of sp³-hybridized carbons (Fsp3) is 0.525. The van der Waals surface area contributed by atoms with E-state index in [2.05, 4.69) is 63.6 Å². The van der Waals surface area contributed by atoms with E-state index in [0.29, 0.717) is 24.4 Å². The maximum Gasteiger partial charge on any atom is 0.154 e. The normalized spacial score (nSPS) is 18.6. The number of likely N-dealkylation sites (N-methyl/N-ethyl adjacent to an activating group) is 1. The van der Waals surface area contributed by atoms with Crippen LogP contribution in [0, 0.1) is 0 Å². The van der Waals surface area contributed by atoms with Gasteiger partial charge in [0.15, 0.2) is 5.82 Å². The van der Waals surface area contributed by atoms with Crippen molar-refractivity contribution in [1.82, 2.24) is 29.7 Å². The van der Waals surface area contributed by atoms with Crippen molar-refractivity contribution >= 4 is 22.7 Å². The van der Waals surface area contributed by atoms with Crippen molar-refractivity contribution in [2.75, 3.05) is 84.4 Å². The first kappa shape index (κ1) is 35.4. The summed E-state index contributed by atoms with van der Waals surface area (Å²) in [4.78, 5) is 23.3. The van der Waals surface area contributed by atoms with Crippen molar-refractivity contribution < 1.29 is 14.2 Å². The minimum absolute atomic E-state index is 0.310. The molecule has 0 unspecified atom stereocenters. The summed E-state index contributed by atoms with van der Waals surface area (Å²) in [7, 11) is 5.57. The van der Waals surface area contributed by atoms with E-state index in [-0.39, 0.29) is 0 Å². The molecule has 272 valence electrons. The number of benzene rings is 2. The van der Waals surface area contributed by atoms with Gasteiger partial charge < -0.3 is 29.7 Å². The van der Waals surface area contributed by atoms with Gasteiger partial charge in [-0.15, -0.1) is 0 Å². The summed E-state index contributed by atoms with van der Waals surface area (Å²) in [5, 5.41) is 7.29.